The standard InChI is InChI=1S/C13H9BrClFO/c14-10-2-1-9(8-15)13(7-10)17-12-5-3-11(16)4-6-12/h1-7H,8H2. The Morgan fingerprint density at radius 1 is 1.12 bits per heavy atom. The zero-order valence-corrected chi connectivity index (χ0v) is 11.1. The second-order valence-electron chi connectivity index (χ2n) is 3.44. The van der Waals surface area contributed by atoms with E-state index in [2.05, 4.69) is 15.9 Å². The summed E-state index contributed by atoms with van der Waals surface area (Å²) in [4.78, 5) is 0. The molecule has 0 atom stereocenters. The Kier molecular flexibility index (Phi) is 4.02. The van der Waals surface area contributed by atoms with Crippen LogP contribution >= 0.6 is 27.5 Å². The first-order valence-corrected chi connectivity index (χ1v) is 6.29. The van der Waals surface area contributed by atoms with Crippen LogP contribution in [0.1, 0.15) is 5.56 Å². The normalized spacial score (nSPS) is 10.3. The fourth-order valence-electron chi connectivity index (χ4n) is 1.36. The smallest absolute Gasteiger partial charge is 0.132 e. The van der Waals surface area contributed by atoms with E-state index in [1.165, 1.54) is 12.1 Å². The second kappa shape index (κ2) is 5.52. The van der Waals surface area contributed by atoms with Gasteiger partial charge < -0.3 is 4.74 Å². The third-order valence-corrected chi connectivity index (χ3v) is 3.00. The Labute approximate surface area is 112 Å². The number of hydrogen-bond donors (Lipinski definition) is 0. The Morgan fingerprint density at radius 3 is 2.47 bits per heavy atom. The monoisotopic (exact) mass is 314 g/mol. The number of rotatable bonds is 3. The molecule has 0 bridgehead atoms. The molecule has 2 aromatic rings. The van der Waals surface area contributed by atoms with Crippen molar-refractivity contribution in [3.8, 4) is 11.5 Å². The average molecular weight is 316 g/mol. The van der Waals surface area contributed by atoms with Crippen LogP contribution in [0.25, 0.3) is 0 Å². The molecular weight excluding hydrogens is 306 g/mol. The molecule has 0 unspecified atom stereocenters. The zero-order chi connectivity index (χ0) is 12.3. The molecule has 0 heterocycles. The molecule has 1 nitrogen and oxygen atoms in total. The van der Waals surface area contributed by atoms with Gasteiger partial charge in [0.25, 0.3) is 0 Å². The lowest BCUT2D eigenvalue weighted by Gasteiger charge is -2.09. The molecular formula is C13H9BrClFO. The Hall–Kier alpha value is -1.06. The molecule has 0 aliphatic carbocycles. The maximum atomic E-state index is 12.8. The first-order chi connectivity index (χ1) is 8.19. The molecule has 0 N–H and O–H groups in total. The van der Waals surface area contributed by atoms with Gasteiger partial charge in [-0.05, 0) is 36.4 Å². The van der Waals surface area contributed by atoms with Gasteiger partial charge in [0.15, 0.2) is 0 Å². The van der Waals surface area contributed by atoms with Crippen molar-refractivity contribution >= 4 is 27.5 Å². The van der Waals surface area contributed by atoms with Gasteiger partial charge in [0.2, 0.25) is 0 Å². The third-order valence-electron chi connectivity index (χ3n) is 2.21. The van der Waals surface area contributed by atoms with Crippen LogP contribution in [0.3, 0.4) is 0 Å². The van der Waals surface area contributed by atoms with Crippen LogP contribution < -0.4 is 4.74 Å². The van der Waals surface area contributed by atoms with Crippen molar-refractivity contribution in [1.29, 1.82) is 0 Å². The summed E-state index contributed by atoms with van der Waals surface area (Å²) >= 11 is 9.19. The maximum absolute atomic E-state index is 12.8. The molecule has 0 aliphatic rings. The van der Waals surface area contributed by atoms with E-state index in [1.54, 1.807) is 12.1 Å². The second-order valence-corrected chi connectivity index (χ2v) is 4.62. The number of halogens is 3. The molecule has 88 valence electrons. The largest absolute Gasteiger partial charge is 0.457 e. The summed E-state index contributed by atoms with van der Waals surface area (Å²) in [5.74, 6) is 1.32. The summed E-state index contributed by atoms with van der Waals surface area (Å²) in [5.41, 5.74) is 0.888. The van der Waals surface area contributed by atoms with Crippen molar-refractivity contribution in [2.75, 3.05) is 0 Å². The van der Waals surface area contributed by atoms with Crippen LogP contribution in [-0.2, 0) is 5.88 Å². The maximum Gasteiger partial charge on any atom is 0.132 e. The highest BCUT2D eigenvalue weighted by atomic mass is 79.9. The third kappa shape index (κ3) is 3.20. The Morgan fingerprint density at radius 2 is 1.82 bits per heavy atom. The lowest BCUT2D eigenvalue weighted by atomic mass is 10.2. The predicted octanol–water partition coefficient (Wildman–Crippen LogP) is 5.12. The number of hydrogen-bond acceptors (Lipinski definition) is 1. The van der Waals surface area contributed by atoms with E-state index in [0.29, 0.717) is 17.4 Å². The van der Waals surface area contributed by atoms with Crippen molar-refractivity contribution in [1.82, 2.24) is 0 Å². The number of benzene rings is 2. The summed E-state index contributed by atoms with van der Waals surface area (Å²) in [5, 5.41) is 0. The van der Waals surface area contributed by atoms with Gasteiger partial charge in [-0.15, -0.1) is 11.6 Å². The van der Waals surface area contributed by atoms with Crippen LogP contribution in [0.2, 0.25) is 0 Å². The topological polar surface area (TPSA) is 9.23 Å². The predicted molar refractivity (Wildman–Crippen MR) is 70.2 cm³/mol. The Bertz CT molecular complexity index is 513. The van der Waals surface area contributed by atoms with Crippen LogP contribution in [0.15, 0.2) is 46.9 Å². The van der Waals surface area contributed by atoms with Gasteiger partial charge in [0.1, 0.15) is 17.3 Å². The van der Waals surface area contributed by atoms with Gasteiger partial charge in [-0.3, -0.25) is 0 Å². The van der Waals surface area contributed by atoms with Crippen LogP contribution in [-0.4, -0.2) is 0 Å². The van der Waals surface area contributed by atoms with E-state index in [1.807, 2.05) is 18.2 Å². The van der Waals surface area contributed by atoms with Gasteiger partial charge in [-0.25, -0.2) is 4.39 Å². The SMILES string of the molecule is Fc1ccc(Oc2cc(Br)ccc2CCl)cc1. The van der Waals surface area contributed by atoms with Gasteiger partial charge in [0, 0.05) is 10.0 Å². The lowest BCUT2D eigenvalue weighted by molar-refractivity contribution is 0.476. The highest BCUT2D eigenvalue weighted by Crippen LogP contribution is 2.29. The molecule has 0 fully saturated rings. The van der Waals surface area contributed by atoms with E-state index < -0.39 is 0 Å². The van der Waals surface area contributed by atoms with E-state index in [9.17, 15) is 4.39 Å². The first kappa shape index (κ1) is 12.4. The molecule has 0 amide bonds. The summed E-state index contributed by atoms with van der Waals surface area (Å²) in [7, 11) is 0. The average Bonchev–Trinajstić information content (AvgIpc) is 2.32. The molecule has 0 aliphatic heterocycles. The molecule has 0 aromatic heterocycles. The quantitative estimate of drug-likeness (QED) is 0.714. The van der Waals surface area contributed by atoms with Gasteiger partial charge in [-0.2, -0.15) is 0 Å². The minimum atomic E-state index is -0.288. The molecule has 0 saturated heterocycles. The fraction of sp³-hybridized carbons (Fsp3) is 0.0769. The van der Waals surface area contributed by atoms with Crippen molar-refractivity contribution in [3.63, 3.8) is 0 Å². The molecule has 0 radical (unpaired) electrons. The van der Waals surface area contributed by atoms with Crippen molar-refractivity contribution < 1.29 is 9.13 Å². The van der Waals surface area contributed by atoms with Crippen LogP contribution in [0.4, 0.5) is 4.39 Å². The highest BCUT2D eigenvalue weighted by Gasteiger charge is 2.05. The molecule has 2 rings (SSSR count). The van der Waals surface area contributed by atoms with Crippen molar-refractivity contribution in [2.24, 2.45) is 0 Å². The molecule has 0 spiro atoms. The zero-order valence-electron chi connectivity index (χ0n) is 8.79. The first-order valence-electron chi connectivity index (χ1n) is 4.97. The van der Waals surface area contributed by atoms with E-state index in [4.69, 9.17) is 16.3 Å². The highest BCUT2D eigenvalue weighted by molar-refractivity contribution is 9.10. The Balaban J connectivity index is 2.28. The summed E-state index contributed by atoms with van der Waals surface area (Å²) < 4.78 is 19.3. The van der Waals surface area contributed by atoms with Gasteiger partial charge in [-0.1, -0.05) is 22.0 Å². The van der Waals surface area contributed by atoms with Crippen LogP contribution in [0.5, 0.6) is 11.5 Å². The minimum Gasteiger partial charge on any atom is -0.457 e. The van der Waals surface area contributed by atoms with Crippen LogP contribution in [0, 0.1) is 5.82 Å². The summed E-state index contributed by atoms with van der Waals surface area (Å²) in [6, 6.07) is 11.5. The van der Waals surface area contributed by atoms with E-state index in [0.717, 1.165) is 10.0 Å². The minimum absolute atomic E-state index is 0.288. The lowest BCUT2D eigenvalue weighted by Crippen LogP contribution is -1.89. The summed E-state index contributed by atoms with van der Waals surface area (Å²) in [6.07, 6.45) is 0. The van der Waals surface area contributed by atoms with E-state index >= 15 is 0 Å². The van der Waals surface area contributed by atoms with E-state index in [-0.39, 0.29) is 5.82 Å². The summed E-state index contributed by atoms with van der Waals surface area (Å²) in [6.45, 7) is 0. The van der Waals surface area contributed by atoms with Gasteiger partial charge >= 0.3 is 0 Å². The van der Waals surface area contributed by atoms with Gasteiger partial charge in [0.05, 0.1) is 5.88 Å². The van der Waals surface area contributed by atoms with Crippen molar-refractivity contribution in [3.05, 3.63) is 58.3 Å². The number of ether oxygens (including phenoxy) is 1. The molecule has 2 aromatic carbocycles. The van der Waals surface area contributed by atoms with Crippen molar-refractivity contribution in [2.45, 2.75) is 5.88 Å². The molecule has 0 saturated carbocycles. The fourth-order valence-corrected chi connectivity index (χ4v) is 1.92. The number of alkyl halides is 1. The molecule has 17 heavy (non-hydrogen) atoms. The molecule has 4 heteroatoms.